The van der Waals surface area contributed by atoms with E-state index in [1.807, 2.05) is 0 Å². The Morgan fingerprint density at radius 1 is 0.513 bits per heavy atom. The Balaban J connectivity index is 1.76. The molecule has 0 radical (unpaired) electrons. The van der Waals surface area contributed by atoms with E-state index < -0.39 is 118 Å². The molecule has 3 saturated heterocycles. The summed E-state index contributed by atoms with van der Waals surface area (Å²) in [5.41, 5.74) is 11.1. The summed E-state index contributed by atoms with van der Waals surface area (Å²) < 4.78 is 32.8. The van der Waals surface area contributed by atoms with Gasteiger partial charge in [-0.05, 0) is 0 Å². The first-order chi connectivity index (χ1) is 18.5. The smallest absolute Gasteiger partial charge is 0.187 e. The largest absolute Gasteiger partial charge is 0.394 e. The highest BCUT2D eigenvalue weighted by molar-refractivity contribution is 4.96. The standard InChI is InChI=1S/C21H40N2O16/c22-1-6(2-23)34-19-15(32)13(30)17(9(5-26)37-19)38-21-16(33)18(11(28)8(4-25)36-21)39-20-14(31)12(29)10(27)7(3-24)35-20/h6-21,24-33H,1-5,22-23H2/t7-,8-,9-,10+,11+,12+,13-,14-,15-,16-,17-,18+,19-,20-,21+/m1/s1. The summed E-state index contributed by atoms with van der Waals surface area (Å²) in [4.78, 5) is 0. The highest BCUT2D eigenvalue weighted by Gasteiger charge is 2.53. The zero-order valence-electron chi connectivity index (χ0n) is 20.8. The first-order valence-electron chi connectivity index (χ1n) is 12.4. The first kappa shape index (κ1) is 32.8. The van der Waals surface area contributed by atoms with Crippen LogP contribution in [-0.4, -0.2) is 182 Å². The molecule has 0 amide bonds. The van der Waals surface area contributed by atoms with Gasteiger partial charge >= 0.3 is 0 Å². The Morgan fingerprint density at radius 2 is 0.974 bits per heavy atom. The van der Waals surface area contributed by atoms with Gasteiger partial charge in [0.2, 0.25) is 0 Å². The number of hydrogen-bond acceptors (Lipinski definition) is 18. The monoisotopic (exact) mass is 576 g/mol. The Labute approximate surface area is 222 Å². The van der Waals surface area contributed by atoms with Gasteiger partial charge in [0.15, 0.2) is 18.9 Å². The van der Waals surface area contributed by atoms with E-state index in [0.29, 0.717) is 0 Å². The van der Waals surface area contributed by atoms with Crippen molar-refractivity contribution in [1.82, 2.24) is 0 Å². The molecule has 3 fully saturated rings. The second-order valence-corrected chi connectivity index (χ2v) is 9.54. The van der Waals surface area contributed by atoms with Crippen molar-refractivity contribution in [2.45, 2.75) is 98.2 Å². The average molecular weight is 577 g/mol. The fraction of sp³-hybridized carbons (Fsp3) is 1.00. The molecule has 0 unspecified atom stereocenters. The van der Waals surface area contributed by atoms with Crippen molar-refractivity contribution in [2.75, 3.05) is 32.9 Å². The number of aliphatic hydroxyl groups is 10. The maximum atomic E-state index is 10.9. The van der Waals surface area contributed by atoms with E-state index in [-0.39, 0.29) is 13.1 Å². The maximum absolute atomic E-state index is 10.9. The topological polar surface area (TPSA) is 310 Å². The molecule has 3 aliphatic heterocycles. The third-order valence-corrected chi connectivity index (χ3v) is 6.93. The van der Waals surface area contributed by atoms with Crippen LogP contribution in [0.4, 0.5) is 0 Å². The number of ether oxygens (including phenoxy) is 6. The third-order valence-electron chi connectivity index (χ3n) is 6.93. The molecule has 230 valence electrons. The number of rotatable bonds is 11. The Bertz CT molecular complexity index is 734. The number of aliphatic hydroxyl groups excluding tert-OH is 10. The predicted octanol–water partition coefficient (Wildman–Crippen LogP) is -8.26. The van der Waals surface area contributed by atoms with Gasteiger partial charge in [0.1, 0.15) is 73.2 Å². The summed E-state index contributed by atoms with van der Waals surface area (Å²) in [6.07, 6.45) is -25.6. The molecule has 14 N–H and O–H groups in total. The van der Waals surface area contributed by atoms with E-state index in [4.69, 9.17) is 39.9 Å². The molecule has 3 rings (SSSR count). The second-order valence-electron chi connectivity index (χ2n) is 9.54. The van der Waals surface area contributed by atoms with E-state index >= 15 is 0 Å². The summed E-state index contributed by atoms with van der Waals surface area (Å²) in [6, 6.07) is 0. The fourth-order valence-corrected chi connectivity index (χ4v) is 4.55. The molecule has 0 aliphatic carbocycles. The summed E-state index contributed by atoms with van der Waals surface area (Å²) in [7, 11) is 0. The maximum Gasteiger partial charge on any atom is 0.187 e. The molecule has 3 heterocycles. The molecule has 15 atom stereocenters. The van der Waals surface area contributed by atoms with Gasteiger partial charge in [-0.2, -0.15) is 0 Å². The van der Waals surface area contributed by atoms with Crippen LogP contribution in [0.3, 0.4) is 0 Å². The van der Waals surface area contributed by atoms with Crippen LogP contribution in [0.25, 0.3) is 0 Å². The molecule has 0 aromatic carbocycles. The SMILES string of the molecule is NCC(CN)O[C@@H]1O[C@H](CO)[C@@H](O[C@@H]2O[C@H](CO)[C@H](O)[C@H](O[C@H]3O[C@H](CO)[C@H](O)[C@H](O)[C@H]3O)[C@H]2O)[C@H](O)[C@H]1O. The van der Waals surface area contributed by atoms with Crippen LogP contribution >= 0.6 is 0 Å². The minimum Gasteiger partial charge on any atom is -0.394 e. The molecule has 18 nitrogen and oxygen atoms in total. The predicted molar refractivity (Wildman–Crippen MR) is 122 cm³/mol. The van der Waals surface area contributed by atoms with Gasteiger partial charge in [-0.25, -0.2) is 0 Å². The Morgan fingerprint density at radius 3 is 1.51 bits per heavy atom. The lowest BCUT2D eigenvalue weighted by Crippen LogP contribution is -2.67. The van der Waals surface area contributed by atoms with Crippen LogP contribution in [0, 0.1) is 0 Å². The van der Waals surface area contributed by atoms with Gasteiger partial charge < -0.3 is 91.0 Å². The van der Waals surface area contributed by atoms with Gasteiger partial charge in [-0.1, -0.05) is 0 Å². The molecular formula is C21H40N2O16. The van der Waals surface area contributed by atoms with Gasteiger partial charge in [0.05, 0.1) is 25.9 Å². The Hall–Kier alpha value is -0.720. The fourth-order valence-electron chi connectivity index (χ4n) is 4.55. The lowest BCUT2D eigenvalue weighted by Gasteiger charge is -2.48. The van der Waals surface area contributed by atoms with E-state index in [1.54, 1.807) is 0 Å². The van der Waals surface area contributed by atoms with Crippen molar-refractivity contribution < 1.29 is 79.5 Å². The highest BCUT2D eigenvalue weighted by atomic mass is 16.8. The van der Waals surface area contributed by atoms with Crippen molar-refractivity contribution in [2.24, 2.45) is 11.5 Å². The average Bonchev–Trinajstić information content (AvgIpc) is 2.94. The van der Waals surface area contributed by atoms with E-state index in [9.17, 15) is 51.1 Å². The molecule has 0 aromatic rings. The van der Waals surface area contributed by atoms with E-state index in [0.717, 1.165) is 0 Å². The molecule has 0 saturated carbocycles. The summed E-state index contributed by atoms with van der Waals surface area (Å²) in [5.74, 6) is 0. The van der Waals surface area contributed by atoms with Gasteiger partial charge in [0, 0.05) is 13.1 Å². The minimum absolute atomic E-state index is 0.0221. The number of hydrogen-bond donors (Lipinski definition) is 12. The highest BCUT2D eigenvalue weighted by Crippen LogP contribution is 2.32. The van der Waals surface area contributed by atoms with Crippen LogP contribution in [0.5, 0.6) is 0 Å². The minimum atomic E-state index is -1.91. The van der Waals surface area contributed by atoms with Crippen LogP contribution < -0.4 is 11.5 Å². The van der Waals surface area contributed by atoms with Crippen LogP contribution in [0.1, 0.15) is 0 Å². The van der Waals surface area contributed by atoms with Crippen molar-refractivity contribution >= 4 is 0 Å². The van der Waals surface area contributed by atoms with Gasteiger partial charge in [0.25, 0.3) is 0 Å². The lowest BCUT2D eigenvalue weighted by molar-refractivity contribution is -0.381. The third kappa shape index (κ3) is 7.02. The van der Waals surface area contributed by atoms with Crippen LogP contribution in [0.2, 0.25) is 0 Å². The van der Waals surface area contributed by atoms with Crippen LogP contribution in [0.15, 0.2) is 0 Å². The molecule has 0 aromatic heterocycles. The molecular weight excluding hydrogens is 536 g/mol. The van der Waals surface area contributed by atoms with Crippen LogP contribution in [-0.2, 0) is 28.4 Å². The second kappa shape index (κ2) is 14.4. The molecule has 0 spiro atoms. The van der Waals surface area contributed by atoms with Crippen molar-refractivity contribution in [3.63, 3.8) is 0 Å². The lowest BCUT2D eigenvalue weighted by atomic mass is 9.96. The van der Waals surface area contributed by atoms with E-state index in [2.05, 4.69) is 0 Å². The molecule has 18 heteroatoms. The van der Waals surface area contributed by atoms with Crippen molar-refractivity contribution in [3.05, 3.63) is 0 Å². The summed E-state index contributed by atoms with van der Waals surface area (Å²) in [5, 5.41) is 102. The molecule has 3 aliphatic rings. The quantitative estimate of drug-likeness (QED) is 0.109. The number of nitrogens with two attached hydrogens (primary N) is 2. The van der Waals surface area contributed by atoms with Gasteiger partial charge in [-0.3, -0.25) is 0 Å². The van der Waals surface area contributed by atoms with Crippen molar-refractivity contribution in [1.29, 1.82) is 0 Å². The normalized spacial score (nSPS) is 47.5. The molecule has 0 bridgehead atoms. The Kier molecular flexibility index (Phi) is 12.1. The zero-order chi connectivity index (χ0) is 29.0. The first-order valence-corrected chi connectivity index (χ1v) is 12.4. The van der Waals surface area contributed by atoms with E-state index in [1.165, 1.54) is 0 Å². The van der Waals surface area contributed by atoms with Gasteiger partial charge in [-0.15, -0.1) is 0 Å². The molecule has 39 heavy (non-hydrogen) atoms. The van der Waals surface area contributed by atoms with Crippen molar-refractivity contribution in [3.8, 4) is 0 Å². The zero-order valence-corrected chi connectivity index (χ0v) is 20.8. The summed E-state index contributed by atoms with van der Waals surface area (Å²) >= 11 is 0. The summed E-state index contributed by atoms with van der Waals surface area (Å²) in [6.45, 7) is -2.37.